The van der Waals surface area contributed by atoms with Gasteiger partial charge in [-0.2, -0.15) is 0 Å². The Bertz CT molecular complexity index is 1680. The van der Waals surface area contributed by atoms with Crippen molar-refractivity contribution >= 4 is 68.1 Å². The molecule has 0 aliphatic carbocycles. The maximum absolute atomic E-state index is 13.9. The first-order valence-corrected chi connectivity index (χ1v) is 14.0. The van der Waals surface area contributed by atoms with Crippen molar-refractivity contribution in [2.75, 3.05) is 30.9 Å². The van der Waals surface area contributed by atoms with Crippen molar-refractivity contribution in [2.24, 2.45) is 0 Å². The van der Waals surface area contributed by atoms with Crippen LogP contribution in [0.2, 0.25) is 0 Å². The van der Waals surface area contributed by atoms with E-state index in [2.05, 4.69) is 21.2 Å². The summed E-state index contributed by atoms with van der Waals surface area (Å²) in [5.41, 5.74) is 2.48. The molecule has 0 bridgehead atoms. The molecular weight excluding hydrogens is 655 g/mol. The second-order valence-electron chi connectivity index (χ2n) is 9.20. The summed E-state index contributed by atoms with van der Waals surface area (Å²) in [4.78, 5) is 50.7. The molecule has 1 fully saturated rings. The number of methoxy groups -OCH3 is 1. The molecule has 1 aliphatic heterocycles. The van der Waals surface area contributed by atoms with E-state index in [1.165, 1.54) is 25.3 Å². The summed E-state index contributed by atoms with van der Waals surface area (Å²) < 4.78 is 52.1. The minimum atomic E-state index is -1.77. The van der Waals surface area contributed by atoms with Gasteiger partial charge < -0.3 is 20.1 Å². The van der Waals surface area contributed by atoms with Crippen LogP contribution in [0.25, 0.3) is 6.08 Å². The summed E-state index contributed by atoms with van der Waals surface area (Å²) in [6, 6.07) is 9.81. The van der Waals surface area contributed by atoms with Gasteiger partial charge in [0.05, 0.1) is 23.4 Å². The molecule has 2 N–H and O–H groups in total. The lowest BCUT2D eigenvalue weighted by Crippen LogP contribution is -2.36. The summed E-state index contributed by atoms with van der Waals surface area (Å²) in [6.45, 7) is 2.79. The van der Waals surface area contributed by atoms with E-state index in [0.29, 0.717) is 34.0 Å². The Kier molecular flexibility index (Phi) is 9.81. The Morgan fingerprint density at radius 1 is 0.930 bits per heavy atom. The van der Waals surface area contributed by atoms with Gasteiger partial charge in [0.2, 0.25) is 5.91 Å². The molecule has 1 aliphatic rings. The molecule has 0 saturated carbocycles. The zero-order valence-electron chi connectivity index (χ0n) is 22.8. The number of benzene rings is 3. The van der Waals surface area contributed by atoms with Gasteiger partial charge in [0, 0.05) is 4.47 Å². The molecule has 0 aromatic heterocycles. The Morgan fingerprint density at radius 3 is 2.35 bits per heavy atom. The van der Waals surface area contributed by atoms with Crippen molar-refractivity contribution in [1.29, 1.82) is 0 Å². The third-order valence-corrected chi connectivity index (χ3v) is 7.75. The van der Waals surface area contributed by atoms with E-state index in [1.807, 2.05) is 31.3 Å². The highest BCUT2D eigenvalue weighted by atomic mass is 79.9. The molecule has 43 heavy (non-hydrogen) atoms. The fraction of sp³-hybridized carbons (Fsp3) is 0.172. The Labute approximate surface area is 256 Å². The van der Waals surface area contributed by atoms with Crippen LogP contribution in [0.5, 0.6) is 11.5 Å². The summed E-state index contributed by atoms with van der Waals surface area (Å²) in [6.07, 6.45) is 1.40. The molecule has 14 heteroatoms. The minimum absolute atomic E-state index is 0.00845. The predicted octanol–water partition coefficient (Wildman–Crippen LogP) is 6.18. The molecule has 224 valence electrons. The van der Waals surface area contributed by atoms with Crippen LogP contribution in [0.15, 0.2) is 51.8 Å². The third-order valence-electron chi connectivity index (χ3n) is 6.19. The van der Waals surface area contributed by atoms with E-state index < -0.39 is 52.6 Å². The SMILES string of the molecule is COc1cc(/C=C2/SC(=O)N(CC(=O)Nc3ccc(F)c(F)c3F)C2=O)ccc1OCC(=O)Nc1cc(C)c(C)cc1Br. The zero-order chi connectivity index (χ0) is 31.4. The van der Waals surface area contributed by atoms with Crippen LogP contribution in [0.1, 0.15) is 16.7 Å². The van der Waals surface area contributed by atoms with Crippen LogP contribution in [0, 0.1) is 31.3 Å². The van der Waals surface area contributed by atoms with E-state index in [4.69, 9.17) is 9.47 Å². The van der Waals surface area contributed by atoms with Crippen molar-refractivity contribution < 1.29 is 41.8 Å². The van der Waals surface area contributed by atoms with E-state index in [9.17, 15) is 32.3 Å². The predicted molar refractivity (Wildman–Crippen MR) is 158 cm³/mol. The molecule has 1 saturated heterocycles. The maximum Gasteiger partial charge on any atom is 0.294 e. The number of hydrogen-bond acceptors (Lipinski definition) is 7. The first-order chi connectivity index (χ1) is 20.4. The van der Waals surface area contributed by atoms with Crippen LogP contribution in [0.4, 0.5) is 29.3 Å². The summed E-state index contributed by atoms with van der Waals surface area (Å²) in [5, 5.41) is 4.03. The average molecular weight is 678 g/mol. The quantitative estimate of drug-likeness (QED) is 0.205. The second-order valence-corrected chi connectivity index (χ2v) is 11.0. The fourth-order valence-electron chi connectivity index (χ4n) is 3.84. The molecular formula is C29H23BrF3N3O6S. The Balaban J connectivity index is 1.39. The Hall–Kier alpha value is -4.30. The van der Waals surface area contributed by atoms with Crippen LogP contribution in [0.3, 0.4) is 0 Å². The highest BCUT2D eigenvalue weighted by Crippen LogP contribution is 2.35. The van der Waals surface area contributed by atoms with Crippen molar-refractivity contribution in [1.82, 2.24) is 4.90 Å². The standard InChI is InChI=1S/C29H23BrF3N3O6S/c1-14-8-17(30)20(9-15(14)2)35-25(38)13-42-21-7-4-16(10-22(21)41-3)11-23-28(39)36(29(40)43-23)12-24(37)34-19-6-5-18(31)26(32)27(19)33/h4-11H,12-13H2,1-3H3,(H,34,37)(H,35,38)/b23-11+. The lowest BCUT2D eigenvalue weighted by Gasteiger charge is -2.13. The van der Waals surface area contributed by atoms with Crippen molar-refractivity contribution in [3.05, 3.63) is 86.0 Å². The van der Waals surface area contributed by atoms with Gasteiger partial charge in [0.1, 0.15) is 6.54 Å². The number of aryl methyl sites for hydroxylation is 2. The number of nitrogens with one attached hydrogen (secondary N) is 2. The molecule has 0 unspecified atom stereocenters. The number of thioether (sulfide) groups is 1. The second kappa shape index (κ2) is 13.3. The van der Waals surface area contributed by atoms with Gasteiger partial charge in [-0.3, -0.25) is 24.1 Å². The van der Waals surface area contributed by atoms with Gasteiger partial charge in [-0.05, 0) is 101 Å². The number of carbonyl (C=O) groups excluding carboxylic acids is 4. The Morgan fingerprint density at radius 2 is 1.63 bits per heavy atom. The topological polar surface area (TPSA) is 114 Å². The molecule has 4 amide bonds. The minimum Gasteiger partial charge on any atom is -0.493 e. The average Bonchev–Trinajstić information content (AvgIpc) is 3.22. The first kappa shape index (κ1) is 31.6. The number of nitrogens with zero attached hydrogens (tertiary/aromatic N) is 1. The number of amides is 4. The summed E-state index contributed by atoms with van der Waals surface area (Å²) in [5.74, 6) is -6.50. The number of anilines is 2. The molecule has 9 nitrogen and oxygen atoms in total. The fourth-order valence-corrected chi connectivity index (χ4v) is 5.24. The van der Waals surface area contributed by atoms with Crippen molar-refractivity contribution in [3.8, 4) is 11.5 Å². The van der Waals surface area contributed by atoms with Gasteiger partial charge in [0.15, 0.2) is 35.6 Å². The number of rotatable bonds is 9. The number of halogens is 4. The monoisotopic (exact) mass is 677 g/mol. The smallest absolute Gasteiger partial charge is 0.294 e. The molecule has 1 heterocycles. The van der Waals surface area contributed by atoms with Crippen LogP contribution >= 0.6 is 27.7 Å². The van der Waals surface area contributed by atoms with Gasteiger partial charge in [-0.1, -0.05) is 6.07 Å². The van der Waals surface area contributed by atoms with Gasteiger partial charge >= 0.3 is 0 Å². The number of ether oxygens (including phenoxy) is 2. The number of hydrogen-bond donors (Lipinski definition) is 2. The highest BCUT2D eigenvalue weighted by Gasteiger charge is 2.36. The van der Waals surface area contributed by atoms with E-state index in [0.717, 1.165) is 21.7 Å². The normalized spacial score (nSPS) is 13.8. The largest absolute Gasteiger partial charge is 0.493 e. The van der Waals surface area contributed by atoms with E-state index >= 15 is 0 Å². The van der Waals surface area contributed by atoms with Crippen molar-refractivity contribution in [3.63, 3.8) is 0 Å². The van der Waals surface area contributed by atoms with Gasteiger partial charge in [-0.25, -0.2) is 13.2 Å². The van der Waals surface area contributed by atoms with Gasteiger partial charge in [-0.15, -0.1) is 0 Å². The van der Waals surface area contributed by atoms with Crippen LogP contribution in [-0.2, 0) is 14.4 Å². The lowest BCUT2D eigenvalue weighted by molar-refractivity contribution is -0.127. The van der Waals surface area contributed by atoms with Crippen molar-refractivity contribution in [2.45, 2.75) is 13.8 Å². The lowest BCUT2D eigenvalue weighted by atomic mass is 10.1. The molecule has 0 spiro atoms. The molecule has 3 aromatic rings. The number of carbonyl (C=O) groups is 4. The molecule has 3 aromatic carbocycles. The molecule has 0 radical (unpaired) electrons. The molecule has 0 atom stereocenters. The molecule has 4 rings (SSSR count). The zero-order valence-corrected chi connectivity index (χ0v) is 25.3. The van der Waals surface area contributed by atoms with Crippen LogP contribution in [-0.4, -0.2) is 48.1 Å². The first-order valence-electron chi connectivity index (χ1n) is 12.4. The third kappa shape index (κ3) is 7.38. The van der Waals surface area contributed by atoms with Gasteiger partial charge in [0.25, 0.3) is 17.1 Å². The van der Waals surface area contributed by atoms with E-state index in [1.54, 1.807) is 6.07 Å². The summed E-state index contributed by atoms with van der Waals surface area (Å²) in [7, 11) is 1.39. The van der Waals surface area contributed by atoms with E-state index in [-0.39, 0.29) is 23.0 Å². The number of imide groups is 1. The highest BCUT2D eigenvalue weighted by molar-refractivity contribution is 9.10. The maximum atomic E-state index is 13.9. The van der Waals surface area contributed by atoms with Crippen LogP contribution < -0.4 is 20.1 Å². The summed E-state index contributed by atoms with van der Waals surface area (Å²) >= 11 is 4.00.